The van der Waals surface area contributed by atoms with E-state index in [4.69, 9.17) is 28.6 Å². The first-order valence-corrected chi connectivity index (χ1v) is 6.14. The lowest BCUT2D eigenvalue weighted by atomic mass is 10.2. The minimum Gasteiger partial charge on any atom is -0.335 e. The van der Waals surface area contributed by atoms with Crippen molar-refractivity contribution in [1.82, 2.24) is 4.90 Å². The smallest absolute Gasteiger partial charge is 0.0968 e. The first kappa shape index (κ1) is 14.1. The van der Waals surface area contributed by atoms with Crippen LogP contribution in [0.3, 0.4) is 0 Å². The van der Waals surface area contributed by atoms with E-state index >= 15 is 0 Å². The van der Waals surface area contributed by atoms with Gasteiger partial charge in [0.15, 0.2) is 0 Å². The summed E-state index contributed by atoms with van der Waals surface area (Å²) >= 11 is 11.8. The Bertz CT molecular complexity index is 439. The molecule has 0 amide bonds. The summed E-state index contributed by atoms with van der Waals surface area (Å²) in [4.78, 5) is 1.88. The fourth-order valence-electron chi connectivity index (χ4n) is 1.45. The molecule has 1 aromatic rings. The number of amidine groups is 1. The molecule has 2 nitrogen and oxygen atoms in total. The zero-order valence-electron chi connectivity index (χ0n) is 10.2. The van der Waals surface area contributed by atoms with E-state index in [1.165, 1.54) is 0 Å². The maximum atomic E-state index is 7.65. The summed E-state index contributed by atoms with van der Waals surface area (Å²) in [5, 5.41) is 8.74. The topological polar surface area (TPSA) is 27.1 Å². The molecule has 92 valence electrons. The lowest BCUT2D eigenvalue weighted by Gasteiger charge is -2.23. The zero-order chi connectivity index (χ0) is 13.0. The highest BCUT2D eigenvalue weighted by atomic mass is 35.5. The van der Waals surface area contributed by atoms with Gasteiger partial charge >= 0.3 is 0 Å². The average Bonchev–Trinajstić information content (AvgIpc) is 2.22. The van der Waals surface area contributed by atoms with Crippen molar-refractivity contribution in [3.05, 3.63) is 40.0 Å². The van der Waals surface area contributed by atoms with Crippen LogP contribution < -0.4 is 0 Å². The highest BCUT2D eigenvalue weighted by molar-refractivity contribution is 6.42. The van der Waals surface area contributed by atoms with Crippen LogP contribution in [0.25, 0.3) is 6.08 Å². The number of halogens is 2. The molecule has 0 fully saturated rings. The molecular weight excluding hydrogens is 255 g/mol. The molecule has 0 radical (unpaired) electrons. The summed E-state index contributed by atoms with van der Waals surface area (Å²) in [5.41, 5.74) is 0.964. The molecule has 0 aromatic heterocycles. The lowest BCUT2D eigenvalue weighted by molar-refractivity contribution is 0.456. The maximum absolute atomic E-state index is 7.65. The summed E-state index contributed by atoms with van der Waals surface area (Å²) in [5.74, 6) is 0.510. The fraction of sp³-hybridized carbons (Fsp3) is 0.308. The molecule has 0 heterocycles. The largest absolute Gasteiger partial charge is 0.335 e. The third-order valence-corrected chi connectivity index (χ3v) is 3.05. The molecule has 0 aliphatic rings. The van der Waals surface area contributed by atoms with Gasteiger partial charge in [0.25, 0.3) is 0 Å². The van der Waals surface area contributed by atoms with Crippen molar-refractivity contribution in [2.24, 2.45) is 0 Å². The van der Waals surface area contributed by atoms with Crippen molar-refractivity contribution in [3.8, 4) is 0 Å². The number of benzene rings is 1. The van der Waals surface area contributed by atoms with Gasteiger partial charge in [-0.1, -0.05) is 29.3 Å². The Labute approximate surface area is 112 Å². The summed E-state index contributed by atoms with van der Waals surface area (Å²) in [6, 6.07) is 5.72. The Hall–Kier alpha value is -0.990. The number of nitrogens with one attached hydrogen (secondary N) is 1. The van der Waals surface area contributed by atoms with Crippen LogP contribution >= 0.6 is 23.2 Å². The summed E-state index contributed by atoms with van der Waals surface area (Å²) in [6.07, 6.45) is 3.80. The molecule has 4 heteroatoms. The van der Waals surface area contributed by atoms with Gasteiger partial charge < -0.3 is 4.90 Å². The third-order valence-electron chi connectivity index (χ3n) is 2.31. The predicted octanol–water partition coefficient (Wildman–Crippen LogP) is 4.67. The molecule has 17 heavy (non-hydrogen) atoms. The Kier molecular flexibility index (Phi) is 5.03. The van der Waals surface area contributed by atoms with E-state index < -0.39 is 0 Å². The van der Waals surface area contributed by atoms with Gasteiger partial charge in [-0.3, -0.25) is 5.41 Å². The Morgan fingerprint density at radius 3 is 2.41 bits per heavy atom. The summed E-state index contributed by atoms with van der Waals surface area (Å²) in [6.45, 7) is 5.84. The van der Waals surface area contributed by atoms with Gasteiger partial charge in [-0.25, -0.2) is 0 Å². The normalized spacial score (nSPS) is 11.2. The number of hydrogen-bond acceptors (Lipinski definition) is 1. The fourth-order valence-corrected chi connectivity index (χ4v) is 1.76. The molecule has 1 aromatic carbocycles. The minimum absolute atomic E-state index is 0.256. The predicted molar refractivity (Wildman–Crippen MR) is 75.9 cm³/mol. The first-order valence-electron chi connectivity index (χ1n) is 5.38. The molecule has 1 rings (SSSR count). The van der Waals surface area contributed by atoms with E-state index in [0.29, 0.717) is 15.9 Å². The maximum Gasteiger partial charge on any atom is 0.0968 e. The van der Waals surface area contributed by atoms with Crippen LogP contribution in [0.2, 0.25) is 10.0 Å². The number of hydrogen-bond donors (Lipinski definition) is 1. The van der Waals surface area contributed by atoms with E-state index in [0.717, 1.165) is 5.56 Å². The number of nitrogens with zero attached hydrogens (tertiary/aromatic N) is 1. The van der Waals surface area contributed by atoms with Gasteiger partial charge in [0.2, 0.25) is 0 Å². The average molecular weight is 271 g/mol. The van der Waals surface area contributed by atoms with Crippen molar-refractivity contribution in [1.29, 1.82) is 5.41 Å². The first-order chi connectivity index (χ1) is 7.91. The minimum atomic E-state index is 0.256. The number of rotatable bonds is 3. The Balaban J connectivity index is 2.88. The molecule has 0 bridgehead atoms. The van der Waals surface area contributed by atoms with Crippen molar-refractivity contribution in [2.45, 2.75) is 26.8 Å². The van der Waals surface area contributed by atoms with Gasteiger partial charge in [0, 0.05) is 12.2 Å². The van der Waals surface area contributed by atoms with Crippen LogP contribution in [-0.4, -0.2) is 16.8 Å². The molecular formula is C13H16Cl2N2. The molecule has 0 aliphatic carbocycles. The SMILES string of the molecule is CC(=N)N(C=Cc1ccc(Cl)c(Cl)c1)C(C)C. The standard InChI is InChI=1S/C13H16Cl2N2/c1-9(2)17(10(3)16)7-6-11-4-5-12(14)13(15)8-11/h4-9,16H,1-3H3. The zero-order valence-corrected chi connectivity index (χ0v) is 11.7. The molecule has 0 saturated heterocycles. The van der Waals surface area contributed by atoms with E-state index in [9.17, 15) is 0 Å². The second-order valence-electron chi connectivity index (χ2n) is 4.08. The molecule has 0 spiro atoms. The van der Waals surface area contributed by atoms with E-state index in [-0.39, 0.29) is 6.04 Å². The second-order valence-corrected chi connectivity index (χ2v) is 4.89. The molecule has 0 atom stereocenters. The van der Waals surface area contributed by atoms with Gasteiger partial charge in [-0.05, 0) is 44.5 Å². The van der Waals surface area contributed by atoms with Gasteiger partial charge in [0.1, 0.15) is 0 Å². The summed E-state index contributed by atoms with van der Waals surface area (Å²) < 4.78 is 0. The quantitative estimate of drug-likeness (QED) is 0.627. The van der Waals surface area contributed by atoms with Crippen LogP contribution in [0, 0.1) is 5.41 Å². The van der Waals surface area contributed by atoms with Gasteiger partial charge in [-0.2, -0.15) is 0 Å². The Morgan fingerprint density at radius 2 is 1.94 bits per heavy atom. The van der Waals surface area contributed by atoms with Crippen LogP contribution in [0.4, 0.5) is 0 Å². The van der Waals surface area contributed by atoms with Crippen LogP contribution in [0.5, 0.6) is 0 Å². The van der Waals surface area contributed by atoms with Gasteiger partial charge in [0.05, 0.1) is 15.9 Å². The van der Waals surface area contributed by atoms with E-state index in [1.54, 1.807) is 19.1 Å². The highest BCUT2D eigenvalue weighted by Gasteiger charge is 2.05. The summed E-state index contributed by atoms with van der Waals surface area (Å²) in [7, 11) is 0. The van der Waals surface area contributed by atoms with Crippen LogP contribution in [0.15, 0.2) is 24.4 Å². The van der Waals surface area contributed by atoms with Crippen LogP contribution in [0.1, 0.15) is 26.3 Å². The van der Waals surface area contributed by atoms with Crippen molar-refractivity contribution >= 4 is 35.1 Å². The third kappa shape index (κ3) is 4.06. The Morgan fingerprint density at radius 1 is 1.29 bits per heavy atom. The van der Waals surface area contributed by atoms with Crippen molar-refractivity contribution < 1.29 is 0 Å². The van der Waals surface area contributed by atoms with Crippen molar-refractivity contribution in [3.63, 3.8) is 0 Å². The molecule has 0 aliphatic heterocycles. The highest BCUT2D eigenvalue weighted by Crippen LogP contribution is 2.23. The molecule has 1 N–H and O–H groups in total. The lowest BCUT2D eigenvalue weighted by Crippen LogP contribution is -2.29. The van der Waals surface area contributed by atoms with Crippen LogP contribution in [-0.2, 0) is 0 Å². The second kappa shape index (κ2) is 6.08. The van der Waals surface area contributed by atoms with Gasteiger partial charge in [-0.15, -0.1) is 0 Å². The monoisotopic (exact) mass is 270 g/mol. The van der Waals surface area contributed by atoms with Crippen molar-refractivity contribution in [2.75, 3.05) is 0 Å². The molecule has 0 unspecified atom stereocenters. The van der Waals surface area contributed by atoms with E-state index in [2.05, 4.69) is 0 Å². The van der Waals surface area contributed by atoms with E-state index in [1.807, 2.05) is 37.1 Å². The molecule has 0 saturated carbocycles.